The van der Waals surface area contributed by atoms with Crippen LogP contribution in [0.3, 0.4) is 0 Å². The number of rotatable bonds is 3. The highest BCUT2D eigenvalue weighted by Gasteiger charge is 2.07. The highest BCUT2D eigenvalue weighted by molar-refractivity contribution is 5.86. The first kappa shape index (κ1) is 16.3. The summed E-state index contributed by atoms with van der Waals surface area (Å²) in [5.74, 6) is 0. The van der Waals surface area contributed by atoms with E-state index in [-0.39, 0.29) is 5.56 Å². The van der Waals surface area contributed by atoms with Crippen LogP contribution in [0.25, 0.3) is 32.9 Å². The molecule has 3 heterocycles. The Kier molecular flexibility index (Phi) is 3.91. The molecule has 0 aliphatic carbocycles. The van der Waals surface area contributed by atoms with E-state index in [1.54, 1.807) is 23.2 Å². The Bertz CT molecular complexity index is 1370. The van der Waals surface area contributed by atoms with E-state index in [2.05, 4.69) is 45.3 Å². The molecular weight excluding hydrogens is 348 g/mol. The largest absolute Gasteiger partial charge is 0.300 e. The van der Waals surface area contributed by atoms with Crippen molar-refractivity contribution in [1.29, 1.82) is 0 Å². The fourth-order valence-electron chi connectivity index (χ4n) is 3.47. The average Bonchev–Trinajstić information content (AvgIpc) is 2.76. The third-order valence-corrected chi connectivity index (χ3v) is 4.89. The van der Waals surface area contributed by atoms with Crippen molar-refractivity contribution in [3.63, 3.8) is 0 Å². The molecule has 0 unspecified atom stereocenters. The monoisotopic (exact) mass is 364 g/mol. The summed E-state index contributed by atoms with van der Waals surface area (Å²) in [6, 6.07) is 18.4. The van der Waals surface area contributed by atoms with Crippen molar-refractivity contribution < 1.29 is 0 Å². The van der Waals surface area contributed by atoms with Crippen LogP contribution in [0, 0.1) is 0 Å². The van der Waals surface area contributed by atoms with E-state index < -0.39 is 0 Å². The van der Waals surface area contributed by atoms with Crippen LogP contribution in [0.1, 0.15) is 5.56 Å². The molecule has 0 fully saturated rings. The Morgan fingerprint density at radius 1 is 0.786 bits per heavy atom. The molecule has 3 aromatic heterocycles. The van der Waals surface area contributed by atoms with Crippen LogP contribution in [0.2, 0.25) is 0 Å². The van der Waals surface area contributed by atoms with Crippen LogP contribution in [-0.4, -0.2) is 19.5 Å². The zero-order valence-electron chi connectivity index (χ0n) is 15.0. The maximum absolute atomic E-state index is 12.4. The van der Waals surface area contributed by atoms with Gasteiger partial charge in [0.25, 0.3) is 5.56 Å². The van der Waals surface area contributed by atoms with Gasteiger partial charge in [0, 0.05) is 24.0 Å². The van der Waals surface area contributed by atoms with E-state index in [0.717, 1.165) is 38.5 Å². The van der Waals surface area contributed by atoms with Crippen LogP contribution in [0.15, 0.2) is 90.4 Å². The Morgan fingerprint density at radius 3 is 2.61 bits per heavy atom. The minimum Gasteiger partial charge on any atom is -0.300 e. The molecule has 0 N–H and O–H groups in total. The highest BCUT2D eigenvalue weighted by atomic mass is 16.1. The number of hydrogen-bond acceptors (Lipinski definition) is 4. The lowest BCUT2D eigenvalue weighted by Gasteiger charge is -2.11. The number of nitrogens with zero attached hydrogens (tertiary/aromatic N) is 4. The lowest BCUT2D eigenvalue weighted by Crippen LogP contribution is -2.21. The summed E-state index contributed by atoms with van der Waals surface area (Å²) in [5, 5.41) is 2.27. The van der Waals surface area contributed by atoms with Crippen molar-refractivity contribution in [1.82, 2.24) is 19.5 Å². The Morgan fingerprint density at radius 2 is 1.64 bits per heavy atom. The van der Waals surface area contributed by atoms with Crippen molar-refractivity contribution in [2.75, 3.05) is 0 Å². The molecule has 5 rings (SSSR count). The highest BCUT2D eigenvalue weighted by Crippen LogP contribution is 2.25. The maximum atomic E-state index is 12.4. The van der Waals surface area contributed by atoms with Crippen molar-refractivity contribution in [3.8, 4) is 11.1 Å². The quantitative estimate of drug-likeness (QED) is 0.484. The number of fused-ring (bicyclic) bond motifs is 2. The second kappa shape index (κ2) is 6.70. The van der Waals surface area contributed by atoms with Gasteiger partial charge >= 0.3 is 0 Å². The van der Waals surface area contributed by atoms with Gasteiger partial charge in [0.1, 0.15) is 0 Å². The molecule has 5 nitrogen and oxygen atoms in total. The lowest BCUT2D eigenvalue weighted by atomic mass is 10.0. The predicted octanol–water partition coefficient (Wildman–Crippen LogP) is 4.06. The summed E-state index contributed by atoms with van der Waals surface area (Å²) >= 11 is 0. The standard InChI is InChI=1S/C23H16N4O/c28-23-14-26-21-7-9-25-13-22(21)27(23)15-16-2-1-3-17(10-16)18-4-5-20-12-24-8-6-19(20)11-18/h1-14H,15H2. The normalized spacial score (nSPS) is 11.1. The molecule has 0 aliphatic rings. The summed E-state index contributed by atoms with van der Waals surface area (Å²) in [5.41, 5.74) is 4.65. The Labute approximate surface area is 161 Å². The second-order valence-electron chi connectivity index (χ2n) is 6.68. The molecule has 5 heteroatoms. The third-order valence-electron chi connectivity index (χ3n) is 4.89. The molecule has 0 bridgehead atoms. The zero-order chi connectivity index (χ0) is 18.9. The Balaban J connectivity index is 1.56. The molecule has 0 atom stereocenters. The minimum absolute atomic E-state index is 0.135. The molecule has 0 radical (unpaired) electrons. The van der Waals surface area contributed by atoms with Gasteiger partial charge in [0.2, 0.25) is 0 Å². The van der Waals surface area contributed by atoms with Crippen molar-refractivity contribution in [2.24, 2.45) is 0 Å². The molecule has 0 saturated carbocycles. The molecule has 134 valence electrons. The van der Waals surface area contributed by atoms with E-state index in [1.807, 2.05) is 30.5 Å². The first-order valence-corrected chi connectivity index (χ1v) is 9.01. The molecular formula is C23H16N4O. The van der Waals surface area contributed by atoms with Crippen LogP contribution in [0.5, 0.6) is 0 Å². The first-order chi connectivity index (χ1) is 13.8. The minimum atomic E-state index is -0.135. The van der Waals surface area contributed by atoms with Crippen LogP contribution >= 0.6 is 0 Å². The SMILES string of the molecule is O=c1cnc2ccncc2n1Cc1cccc(-c2ccc3cnccc3c2)c1. The third kappa shape index (κ3) is 2.93. The summed E-state index contributed by atoms with van der Waals surface area (Å²) in [6.45, 7) is 0.467. The van der Waals surface area contributed by atoms with E-state index in [9.17, 15) is 4.79 Å². The summed E-state index contributed by atoms with van der Waals surface area (Å²) in [6.07, 6.45) is 8.40. The van der Waals surface area contributed by atoms with Gasteiger partial charge in [-0.25, -0.2) is 4.98 Å². The van der Waals surface area contributed by atoms with Crippen molar-refractivity contribution in [2.45, 2.75) is 6.54 Å². The Hall–Kier alpha value is -3.86. The lowest BCUT2D eigenvalue weighted by molar-refractivity contribution is 0.785. The van der Waals surface area contributed by atoms with Gasteiger partial charge in [0.15, 0.2) is 0 Å². The molecule has 0 spiro atoms. The fourth-order valence-corrected chi connectivity index (χ4v) is 3.47. The van der Waals surface area contributed by atoms with Crippen LogP contribution < -0.4 is 5.56 Å². The predicted molar refractivity (Wildman–Crippen MR) is 110 cm³/mol. The van der Waals surface area contributed by atoms with Gasteiger partial charge in [0.05, 0.1) is 30.0 Å². The van der Waals surface area contributed by atoms with Gasteiger partial charge in [-0.05, 0) is 46.3 Å². The molecule has 0 saturated heterocycles. The van der Waals surface area contributed by atoms with E-state index in [0.29, 0.717) is 6.54 Å². The topological polar surface area (TPSA) is 60.7 Å². The zero-order valence-corrected chi connectivity index (χ0v) is 15.0. The molecule has 28 heavy (non-hydrogen) atoms. The van der Waals surface area contributed by atoms with Crippen LogP contribution in [0.4, 0.5) is 0 Å². The summed E-state index contributed by atoms with van der Waals surface area (Å²) in [7, 11) is 0. The van der Waals surface area contributed by atoms with Gasteiger partial charge < -0.3 is 0 Å². The summed E-state index contributed by atoms with van der Waals surface area (Å²) in [4.78, 5) is 24.9. The van der Waals surface area contributed by atoms with Gasteiger partial charge in [-0.2, -0.15) is 0 Å². The summed E-state index contributed by atoms with van der Waals surface area (Å²) < 4.78 is 1.71. The molecule has 0 amide bonds. The fraction of sp³-hybridized carbons (Fsp3) is 0.0435. The molecule has 0 aliphatic heterocycles. The van der Waals surface area contributed by atoms with E-state index in [4.69, 9.17) is 0 Å². The van der Waals surface area contributed by atoms with Crippen molar-refractivity contribution >= 4 is 21.8 Å². The number of aromatic nitrogens is 4. The number of benzene rings is 2. The van der Waals surface area contributed by atoms with E-state index >= 15 is 0 Å². The van der Waals surface area contributed by atoms with E-state index in [1.165, 1.54) is 6.20 Å². The second-order valence-corrected chi connectivity index (χ2v) is 6.68. The number of pyridine rings is 2. The first-order valence-electron chi connectivity index (χ1n) is 9.01. The molecule has 5 aromatic rings. The van der Waals surface area contributed by atoms with Gasteiger partial charge in [-0.1, -0.05) is 30.3 Å². The molecule has 2 aromatic carbocycles. The number of hydrogen-bond donors (Lipinski definition) is 0. The average molecular weight is 364 g/mol. The maximum Gasteiger partial charge on any atom is 0.269 e. The smallest absolute Gasteiger partial charge is 0.269 e. The van der Waals surface area contributed by atoms with Gasteiger partial charge in [-0.3, -0.25) is 19.3 Å². The van der Waals surface area contributed by atoms with Crippen LogP contribution in [-0.2, 0) is 6.54 Å². The van der Waals surface area contributed by atoms with Crippen molar-refractivity contribution in [3.05, 3.63) is 101 Å². The van der Waals surface area contributed by atoms with Gasteiger partial charge in [-0.15, -0.1) is 0 Å².